The van der Waals surface area contributed by atoms with Crippen LogP contribution in [0.5, 0.6) is 0 Å². The van der Waals surface area contributed by atoms with Gasteiger partial charge in [-0.2, -0.15) is 4.31 Å². The van der Waals surface area contributed by atoms with Crippen molar-refractivity contribution in [2.45, 2.75) is 23.8 Å². The van der Waals surface area contributed by atoms with Crippen molar-refractivity contribution in [3.63, 3.8) is 0 Å². The van der Waals surface area contributed by atoms with E-state index in [0.29, 0.717) is 4.47 Å². The van der Waals surface area contributed by atoms with E-state index in [2.05, 4.69) is 21.2 Å². The van der Waals surface area contributed by atoms with Crippen molar-refractivity contribution in [2.75, 3.05) is 13.6 Å². The molecule has 0 saturated heterocycles. The number of hydrogen-bond donors (Lipinski definition) is 1. The molecular formula is C12H13BrCl2N2O3S. The van der Waals surface area contributed by atoms with Crippen LogP contribution in [0.3, 0.4) is 0 Å². The summed E-state index contributed by atoms with van der Waals surface area (Å²) in [5.41, 5.74) is 0. The molecule has 1 aliphatic carbocycles. The van der Waals surface area contributed by atoms with Crippen molar-refractivity contribution in [1.82, 2.24) is 9.62 Å². The fraction of sp³-hybridized carbons (Fsp3) is 0.417. The molecular weight excluding hydrogens is 403 g/mol. The maximum atomic E-state index is 12.5. The van der Waals surface area contributed by atoms with E-state index in [-0.39, 0.29) is 33.4 Å². The van der Waals surface area contributed by atoms with E-state index in [1.807, 2.05) is 0 Å². The maximum absolute atomic E-state index is 12.5. The van der Waals surface area contributed by atoms with Crippen molar-refractivity contribution >= 4 is 55.1 Å². The lowest BCUT2D eigenvalue weighted by Gasteiger charge is -2.18. The van der Waals surface area contributed by atoms with Gasteiger partial charge in [-0.15, -0.1) is 0 Å². The quantitative estimate of drug-likeness (QED) is 0.803. The number of nitrogens with one attached hydrogen (secondary N) is 1. The van der Waals surface area contributed by atoms with Gasteiger partial charge in [0.25, 0.3) is 0 Å². The van der Waals surface area contributed by atoms with Gasteiger partial charge < -0.3 is 5.32 Å². The zero-order valence-electron chi connectivity index (χ0n) is 11.1. The smallest absolute Gasteiger partial charge is 0.246 e. The first-order valence-corrected chi connectivity index (χ1v) is 9.11. The first-order valence-electron chi connectivity index (χ1n) is 6.12. The second-order valence-electron chi connectivity index (χ2n) is 4.80. The Balaban J connectivity index is 2.22. The van der Waals surface area contributed by atoms with E-state index in [1.165, 1.54) is 19.2 Å². The third-order valence-corrected chi connectivity index (χ3v) is 6.12. The molecule has 0 spiro atoms. The molecule has 21 heavy (non-hydrogen) atoms. The SMILES string of the molecule is CN(CC(=O)NC1CC1)S(=O)(=O)c1c(Cl)cc(Br)cc1Cl. The molecule has 0 radical (unpaired) electrons. The van der Waals surface area contributed by atoms with Crippen LogP contribution >= 0.6 is 39.1 Å². The van der Waals surface area contributed by atoms with Gasteiger partial charge >= 0.3 is 0 Å². The Labute approximate surface area is 141 Å². The fourth-order valence-corrected chi connectivity index (χ4v) is 4.72. The summed E-state index contributed by atoms with van der Waals surface area (Å²) in [5, 5.41) is 2.74. The number of hydrogen-bond acceptors (Lipinski definition) is 3. The Hall–Kier alpha value is -0.340. The van der Waals surface area contributed by atoms with Crippen molar-refractivity contribution in [3.8, 4) is 0 Å². The average molecular weight is 416 g/mol. The minimum absolute atomic E-state index is 0.00354. The van der Waals surface area contributed by atoms with Gasteiger partial charge in [0.1, 0.15) is 4.90 Å². The Kier molecular flexibility index (Phi) is 5.20. The van der Waals surface area contributed by atoms with Crippen LogP contribution in [0.25, 0.3) is 0 Å². The third kappa shape index (κ3) is 4.10. The molecule has 0 unspecified atom stereocenters. The monoisotopic (exact) mass is 414 g/mol. The number of benzene rings is 1. The summed E-state index contributed by atoms with van der Waals surface area (Å²) >= 11 is 15.1. The topological polar surface area (TPSA) is 66.5 Å². The minimum atomic E-state index is -3.94. The van der Waals surface area contributed by atoms with Gasteiger partial charge in [0, 0.05) is 17.6 Å². The molecule has 0 heterocycles. The van der Waals surface area contributed by atoms with Crippen LogP contribution in [0.1, 0.15) is 12.8 Å². The number of rotatable bonds is 5. The molecule has 9 heteroatoms. The third-order valence-electron chi connectivity index (χ3n) is 2.94. The number of nitrogens with zero attached hydrogens (tertiary/aromatic N) is 1. The van der Waals surface area contributed by atoms with E-state index < -0.39 is 10.0 Å². The van der Waals surface area contributed by atoms with Crippen molar-refractivity contribution in [2.24, 2.45) is 0 Å². The first-order chi connectivity index (χ1) is 9.71. The average Bonchev–Trinajstić information content (AvgIpc) is 3.10. The van der Waals surface area contributed by atoms with Gasteiger partial charge in [-0.05, 0) is 25.0 Å². The molecule has 1 aliphatic rings. The second kappa shape index (κ2) is 6.42. The minimum Gasteiger partial charge on any atom is -0.352 e. The van der Waals surface area contributed by atoms with Gasteiger partial charge in [-0.3, -0.25) is 4.79 Å². The molecule has 5 nitrogen and oxygen atoms in total. The number of amides is 1. The molecule has 1 N–H and O–H groups in total. The van der Waals surface area contributed by atoms with Gasteiger partial charge in [0.15, 0.2) is 0 Å². The maximum Gasteiger partial charge on any atom is 0.246 e. The fourth-order valence-electron chi connectivity index (χ4n) is 1.72. The highest BCUT2D eigenvalue weighted by Crippen LogP contribution is 2.34. The summed E-state index contributed by atoms with van der Waals surface area (Å²) in [6.45, 7) is -0.276. The van der Waals surface area contributed by atoms with Crippen LogP contribution in [-0.4, -0.2) is 38.3 Å². The van der Waals surface area contributed by atoms with Gasteiger partial charge in [0.2, 0.25) is 15.9 Å². The zero-order chi connectivity index (χ0) is 15.8. The summed E-state index contributed by atoms with van der Waals surface area (Å²) in [6, 6.07) is 3.06. The number of likely N-dealkylation sites (N-methyl/N-ethyl adjacent to an activating group) is 1. The van der Waals surface area contributed by atoms with E-state index in [4.69, 9.17) is 23.2 Å². The zero-order valence-corrected chi connectivity index (χ0v) is 15.0. The summed E-state index contributed by atoms with van der Waals surface area (Å²) in [7, 11) is -2.62. The molecule has 1 aromatic rings. The van der Waals surface area contributed by atoms with E-state index >= 15 is 0 Å². The van der Waals surface area contributed by atoms with Crippen molar-refractivity contribution in [3.05, 3.63) is 26.7 Å². The summed E-state index contributed by atoms with van der Waals surface area (Å²) in [4.78, 5) is 11.5. The lowest BCUT2D eigenvalue weighted by molar-refractivity contribution is -0.121. The molecule has 1 saturated carbocycles. The predicted molar refractivity (Wildman–Crippen MR) is 85.1 cm³/mol. The van der Waals surface area contributed by atoms with Crippen LogP contribution < -0.4 is 5.32 Å². The van der Waals surface area contributed by atoms with E-state index in [9.17, 15) is 13.2 Å². The van der Waals surface area contributed by atoms with E-state index in [1.54, 1.807) is 0 Å². The lowest BCUT2D eigenvalue weighted by atomic mass is 10.4. The lowest BCUT2D eigenvalue weighted by Crippen LogP contribution is -2.39. The first kappa shape index (κ1) is 17.0. The standard InChI is InChI=1S/C12H13BrCl2N2O3S/c1-17(6-11(18)16-8-2-3-8)21(19,20)12-9(14)4-7(13)5-10(12)15/h4-5,8H,2-3,6H2,1H3,(H,16,18). The number of carbonyl (C=O) groups excluding carboxylic acids is 1. The van der Waals surface area contributed by atoms with Crippen LogP contribution in [0, 0.1) is 0 Å². The summed E-state index contributed by atoms with van der Waals surface area (Å²) < 4.78 is 26.5. The molecule has 0 aromatic heterocycles. The van der Waals surface area contributed by atoms with Gasteiger partial charge in [0.05, 0.1) is 16.6 Å². The van der Waals surface area contributed by atoms with Crippen LogP contribution in [0.4, 0.5) is 0 Å². The summed E-state index contributed by atoms with van der Waals surface area (Å²) in [5.74, 6) is -0.340. The Morgan fingerprint density at radius 3 is 2.38 bits per heavy atom. The molecule has 1 amide bonds. The largest absolute Gasteiger partial charge is 0.352 e. The Morgan fingerprint density at radius 2 is 1.90 bits per heavy atom. The molecule has 0 aliphatic heterocycles. The molecule has 0 bridgehead atoms. The predicted octanol–water partition coefficient (Wildman–Crippen LogP) is 2.66. The Bertz CT molecular complexity index is 654. The summed E-state index contributed by atoms with van der Waals surface area (Å²) in [6.07, 6.45) is 1.87. The normalized spacial score (nSPS) is 15.3. The number of halogens is 3. The van der Waals surface area contributed by atoms with Crippen LogP contribution in [0.2, 0.25) is 10.0 Å². The highest BCUT2D eigenvalue weighted by atomic mass is 79.9. The molecule has 116 valence electrons. The second-order valence-corrected chi connectivity index (χ2v) is 8.51. The molecule has 1 aromatic carbocycles. The van der Waals surface area contributed by atoms with E-state index in [0.717, 1.165) is 17.1 Å². The highest BCUT2D eigenvalue weighted by Gasteiger charge is 2.30. The van der Waals surface area contributed by atoms with Crippen LogP contribution in [0.15, 0.2) is 21.5 Å². The van der Waals surface area contributed by atoms with Crippen LogP contribution in [-0.2, 0) is 14.8 Å². The molecule has 2 rings (SSSR count). The number of carbonyl (C=O) groups is 1. The van der Waals surface area contributed by atoms with Crippen molar-refractivity contribution in [1.29, 1.82) is 0 Å². The van der Waals surface area contributed by atoms with Gasteiger partial charge in [-0.1, -0.05) is 39.1 Å². The van der Waals surface area contributed by atoms with Crippen molar-refractivity contribution < 1.29 is 13.2 Å². The Morgan fingerprint density at radius 1 is 1.38 bits per heavy atom. The highest BCUT2D eigenvalue weighted by molar-refractivity contribution is 9.10. The molecule has 0 atom stereocenters. The molecule has 1 fully saturated rings. The number of sulfonamides is 1. The van der Waals surface area contributed by atoms with Gasteiger partial charge in [-0.25, -0.2) is 8.42 Å².